The van der Waals surface area contributed by atoms with Gasteiger partial charge in [-0.2, -0.15) is 0 Å². The molecule has 0 bridgehead atoms. The Morgan fingerprint density at radius 2 is 1.63 bits per heavy atom. The van der Waals surface area contributed by atoms with Crippen LogP contribution in [0.5, 0.6) is 5.75 Å². The lowest BCUT2D eigenvalue weighted by atomic mass is 9.99. The van der Waals surface area contributed by atoms with E-state index in [1.54, 1.807) is 12.1 Å². The van der Waals surface area contributed by atoms with Gasteiger partial charge in [0.1, 0.15) is 11.4 Å². The van der Waals surface area contributed by atoms with Crippen molar-refractivity contribution >= 4 is 23.1 Å². The highest BCUT2D eigenvalue weighted by Crippen LogP contribution is 2.40. The molecule has 2 aliphatic rings. The molecule has 0 aliphatic carbocycles. The molecule has 9 heteroatoms. The molecule has 3 heterocycles. The van der Waals surface area contributed by atoms with Gasteiger partial charge in [-0.15, -0.1) is 0 Å². The Morgan fingerprint density at radius 3 is 2.26 bits per heavy atom. The lowest BCUT2D eigenvalue weighted by molar-refractivity contribution is -0.121. The topological polar surface area (TPSA) is 96.9 Å². The number of hydrogen-bond acceptors (Lipinski definition) is 6. The number of benzene rings is 2. The summed E-state index contributed by atoms with van der Waals surface area (Å²) in [5.41, 5.74) is 1.95. The maximum absolute atomic E-state index is 14.3. The number of aryl methyl sites for hydroxylation is 1. The fourth-order valence-corrected chi connectivity index (χ4v) is 4.97. The highest BCUT2D eigenvalue weighted by molar-refractivity contribution is 6.46. The van der Waals surface area contributed by atoms with Crippen LogP contribution in [-0.4, -0.2) is 59.9 Å². The molecule has 3 aromatic rings. The van der Waals surface area contributed by atoms with Gasteiger partial charge in [-0.1, -0.05) is 36.4 Å². The number of aromatic nitrogens is 2. The predicted molar refractivity (Wildman–Crippen MR) is 145 cm³/mol. The zero-order valence-corrected chi connectivity index (χ0v) is 22.3. The number of imide groups is 1. The maximum Gasteiger partial charge on any atom is 0.282 e. The molecule has 2 aromatic carbocycles. The lowest BCUT2D eigenvalue weighted by Crippen LogP contribution is -2.40. The molecule has 0 radical (unpaired) electrons. The Morgan fingerprint density at radius 1 is 0.947 bits per heavy atom. The standard InChI is InChI=1S/C29H32N4O5/c1-18-11-12-21(37-5)20(17-18)32-26(34)23(25(28(32)36)31-13-15-38-16-14-31)22-24(19-9-7-6-8-10-19)30-33(27(22)35)29(2,3)4/h6-12,17,30H,13-16H2,1-5H3. The third-order valence-electron chi connectivity index (χ3n) is 6.84. The summed E-state index contributed by atoms with van der Waals surface area (Å²) in [5, 5.41) is 3.25. The minimum Gasteiger partial charge on any atom is -0.495 e. The van der Waals surface area contributed by atoms with Crippen LogP contribution in [0.2, 0.25) is 0 Å². The molecular weight excluding hydrogens is 484 g/mol. The fraction of sp³-hybridized carbons (Fsp3) is 0.345. The van der Waals surface area contributed by atoms with E-state index in [-0.39, 0.29) is 22.4 Å². The quantitative estimate of drug-likeness (QED) is 0.521. The number of anilines is 1. The average Bonchev–Trinajstić information content (AvgIpc) is 3.37. The molecule has 0 atom stereocenters. The Hall–Kier alpha value is -4.11. The second-order valence-corrected chi connectivity index (χ2v) is 10.5. The Kier molecular flexibility index (Phi) is 6.48. The summed E-state index contributed by atoms with van der Waals surface area (Å²) in [7, 11) is 1.50. The first-order valence-corrected chi connectivity index (χ1v) is 12.6. The van der Waals surface area contributed by atoms with Gasteiger partial charge >= 0.3 is 0 Å². The average molecular weight is 517 g/mol. The van der Waals surface area contributed by atoms with E-state index in [1.807, 2.05) is 69.0 Å². The van der Waals surface area contributed by atoms with Crippen LogP contribution in [0.1, 0.15) is 31.9 Å². The monoisotopic (exact) mass is 516 g/mol. The summed E-state index contributed by atoms with van der Waals surface area (Å²) in [4.78, 5) is 45.5. The third kappa shape index (κ3) is 4.22. The van der Waals surface area contributed by atoms with Crippen LogP contribution in [0.4, 0.5) is 5.69 Å². The minimum atomic E-state index is -0.594. The van der Waals surface area contributed by atoms with Gasteiger partial charge in [0.25, 0.3) is 17.4 Å². The van der Waals surface area contributed by atoms with Crippen molar-refractivity contribution in [3.63, 3.8) is 0 Å². The molecule has 1 aromatic heterocycles. The number of methoxy groups -OCH3 is 1. The van der Waals surface area contributed by atoms with Crippen molar-refractivity contribution in [1.29, 1.82) is 0 Å². The number of morpholine rings is 1. The fourth-order valence-electron chi connectivity index (χ4n) is 4.97. The molecule has 0 unspecified atom stereocenters. The van der Waals surface area contributed by atoms with Crippen molar-refractivity contribution in [1.82, 2.24) is 14.7 Å². The summed E-state index contributed by atoms with van der Waals surface area (Å²) in [5.74, 6) is -0.656. The number of ether oxygens (including phenoxy) is 2. The van der Waals surface area contributed by atoms with Crippen molar-refractivity contribution in [3.05, 3.63) is 75.7 Å². The zero-order chi connectivity index (χ0) is 27.2. The van der Waals surface area contributed by atoms with Gasteiger partial charge in [0.15, 0.2) is 0 Å². The van der Waals surface area contributed by atoms with Crippen LogP contribution in [0.25, 0.3) is 16.8 Å². The van der Waals surface area contributed by atoms with Crippen molar-refractivity contribution in [2.75, 3.05) is 38.3 Å². The number of nitrogens with one attached hydrogen (secondary N) is 1. The van der Waals surface area contributed by atoms with Gasteiger partial charge < -0.3 is 14.4 Å². The molecule has 38 heavy (non-hydrogen) atoms. The number of amides is 2. The SMILES string of the molecule is COc1ccc(C)cc1N1C(=O)C(c2c(-c3ccccc3)[nH]n(C(C)(C)C)c2=O)=C(N2CCOCC2)C1=O. The third-order valence-corrected chi connectivity index (χ3v) is 6.84. The Labute approximate surface area is 221 Å². The number of hydrogen-bond donors (Lipinski definition) is 1. The molecule has 0 spiro atoms. The van der Waals surface area contributed by atoms with E-state index in [0.29, 0.717) is 43.4 Å². The normalized spacial score (nSPS) is 16.6. The zero-order valence-electron chi connectivity index (χ0n) is 22.3. The van der Waals surface area contributed by atoms with E-state index >= 15 is 0 Å². The molecule has 9 nitrogen and oxygen atoms in total. The van der Waals surface area contributed by atoms with E-state index in [2.05, 4.69) is 5.10 Å². The first-order valence-electron chi connectivity index (χ1n) is 12.6. The number of rotatable bonds is 5. The summed E-state index contributed by atoms with van der Waals surface area (Å²) >= 11 is 0. The number of H-pyrrole nitrogens is 1. The number of carbonyl (C=O) groups excluding carboxylic acids is 2. The van der Waals surface area contributed by atoms with Gasteiger partial charge in [-0.3, -0.25) is 19.5 Å². The van der Waals surface area contributed by atoms with E-state index in [1.165, 1.54) is 11.8 Å². The molecule has 1 N–H and O–H groups in total. The lowest BCUT2D eigenvalue weighted by Gasteiger charge is -2.29. The molecule has 2 amide bonds. The van der Waals surface area contributed by atoms with E-state index in [9.17, 15) is 14.4 Å². The highest BCUT2D eigenvalue weighted by atomic mass is 16.5. The molecule has 2 aliphatic heterocycles. The second kappa shape index (κ2) is 9.64. The first-order chi connectivity index (χ1) is 18.1. The first kappa shape index (κ1) is 25.5. The van der Waals surface area contributed by atoms with Gasteiger partial charge in [0.2, 0.25) is 0 Å². The maximum atomic E-state index is 14.3. The Bertz CT molecular complexity index is 1490. The van der Waals surface area contributed by atoms with Crippen LogP contribution in [0, 0.1) is 6.92 Å². The van der Waals surface area contributed by atoms with Gasteiger partial charge in [0, 0.05) is 18.7 Å². The van der Waals surface area contributed by atoms with Crippen molar-refractivity contribution in [3.8, 4) is 17.0 Å². The molecule has 1 saturated heterocycles. The molecule has 198 valence electrons. The summed E-state index contributed by atoms with van der Waals surface area (Å²) in [6.45, 7) is 9.29. The van der Waals surface area contributed by atoms with Gasteiger partial charge in [-0.05, 0) is 45.4 Å². The largest absolute Gasteiger partial charge is 0.495 e. The van der Waals surface area contributed by atoms with E-state index in [0.717, 1.165) is 16.0 Å². The number of nitrogens with zero attached hydrogens (tertiary/aromatic N) is 3. The summed E-state index contributed by atoms with van der Waals surface area (Å²) in [6.07, 6.45) is 0. The smallest absolute Gasteiger partial charge is 0.282 e. The summed E-state index contributed by atoms with van der Waals surface area (Å²) < 4.78 is 12.6. The van der Waals surface area contributed by atoms with E-state index < -0.39 is 17.4 Å². The van der Waals surface area contributed by atoms with Crippen LogP contribution < -0.4 is 15.2 Å². The molecule has 0 saturated carbocycles. The van der Waals surface area contributed by atoms with Crippen LogP contribution >= 0.6 is 0 Å². The highest BCUT2D eigenvalue weighted by Gasteiger charge is 2.46. The molecule has 5 rings (SSSR count). The van der Waals surface area contributed by atoms with Crippen molar-refractivity contribution in [2.45, 2.75) is 33.2 Å². The summed E-state index contributed by atoms with van der Waals surface area (Å²) in [6, 6.07) is 14.7. The van der Waals surface area contributed by atoms with Crippen molar-refractivity contribution in [2.24, 2.45) is 0 Å². The minimum absolute atomic E-state index is 0.0866. The predicted octanol–water partition coefficient (Wildman–Crippen LogP) is 3.53. The second-order valence-electron chi connectivity index (χ2n) is 10.5. The van der Waals surface area contributed by atoms with Crippen LogP contribution in [0.15, 0.2) is 59.0 Å². The number of aromatic amines is 1. The van der Waals surface area contributed by atoms with Crippen LogP contribution in [0.3, 0.4) is 0 Å². The molecule has 1 fully saturated rings. The Balaban J connectivity index is 1.80. The number of carbonyl (C=O) groups is 2. The molecular formula is C29H32N4O5. The van der Waals surface area contributed by atoms with Crippen molar-refractivity contribution < 1.29 is 19.1 Å². The van der Waals surface area contributed by atoms with Gasteiger partial charge in [-0.25, -0.2) is 9.58 Å². The van der Waals surface area contributed by atoms with Gasteiger partial charge in [0.05, 0.1) is 48.4 Å². The van der Waals surface area contributed by atoms with E-state index in [4.69, 9.17) is 9.47 Å². The van der Waals surface area contributed by atoms with Crippen LogP contribution in [-0.2, 0) is 19.9 Å².